The van der Waals surface area contributed by atoms with Crippen LogP contribution in [0, 0.1) is 5.82 Å². The largest absolute Gasteiger partial charge is 0.493 e. The van der Waals surface area contributed by atoms with E-state index in [1.165, 1.54) is 23.3 Å². The van der Waals surface area contributed by atoms with Crippen molar-refractivity contribution in [3.8, 4) is 5.75 Å². The van der Waals surface area contributed by atoms with Crippen molar-refractivity contribution in [1.82, 2.24) is 5.32 Å². The number of fused-ring (bicyclic) bond motifs is 1. The molecule has 0 bridgehead atoms. The second-order valence-corrected chi connectivity index (χ2v) is 5.76. The number of nitrogens with one attached hydrogen (secondary N) is 1. The lowest BCUT2D eigenvalue weighted by atomic mass is 9.88. The molecule has 120 valence electrons. The summed E-state index contributed by atoms with van der Waals surface area (Å²) in [7, 11) is 0. The summed E-state index contributed by atoms with van der Waals surface area (Å²) in [5.74, 6) is 0.252. The molecular weight excluding hydrogens is 293 g/mol. The zero-order chi connectivity index (χ0) is 16.1. The molecule has 3 rings (SSSR count). The Bertz CT molecular complexity index is 669. The lowest BCUT2D eigenvalue weighted by molar-refractivity contribution is -0.122. The minimum atomic E-state index is -0.300. The van der Waals surface area contributed by atoms with E-state index in [1.54, 1.807) is 12.1 Å². The number of halogens is 1. The number of benzene rings is 2. The van der Waals surface area contributed by atoms with Gasteiger partial charge in [0, 0.05) is 0 Å². The molecule has 0 fully saturated rings. The second-order valence-electron chi connectivity index (χ2n) is 5.76. The Morgan fingerprint density at radius 2 is 1.96 bits per heavy atom. The highest BCUT2D eigenvalue weighted by Crippen LogP contribution is 2.29. The van der Waals surface area contributed by atoms with Gasteiger partial charge in [-0.15, -0.1) is 0 Å². The van der Waals surface area contributed by atoms with E-state index in [9.17, 15) is 9.18 Å². The molecule has 0 aliphatic heterocycles. The average molecular weight is 313 g/mol. The van der Waals surface area contributed by atoms with E-state index in [4.69, 9.17) is 4.74 Å². The number of hydrogen-bond acceptors (Lipinski definition) is 2. The Balaban J connectivity index is 1.49. The van der Waals surface area contributed by atoms with E-state index >= 15 is 0 Å². The van der Waals surface area contributed by atoms with Crippen LogP contribution in [0.4, 0.5) is 4.39 Å². The highest BCUT2D eigenvalue weighted by Gasteiger charge is 2.21. The topological polar surface area (TPSA) is 38.3 Å². The maximum Gasteiger partial charge on any atom is 0.223 e. The fourth-order valence-corrected chi connectivity index (χ4v) is 2.96. The Morgan fingerprint density at radius 1 is 1.17 bits per heavy atom. The van der Waals surface area contributed by atoms with Crippen molar-refractivity contribution < 1.29 is 13.9 Å². The van der Waals surface area contributed by atoms with E-state index in [1.807, 2.05) is 12.1 Å². The standard InChI is InChI=1S/C19H20FNO2/c20-15-8-10-16(11-9-15)23-13-12-19(22)21-18-7-3-5-14-4-1-2-6-17(14)18/h1-2,4,6,8-11,18H,3,5,7,12-13H2,(H,21,22)/t18-/m0/s1. The molecule has 1 atom stereocenters. The summed E-state index contributed by atoms with van der Waals surface area (Å²) < 4.78 is 18.3. The van der Waals surface area contributed by atoms with Crippen molar-refractivity contribution in [2.75, 3.05) is 6.61 Å². The van der Waals surface area contributed by atoms with Crippen molar-refractivity contribution in [3.63, 3.8) is 0 Å². The first-order chi connectivity index (χ1) is 11.2. The molecule has 23 heavy (non-hydrogen) atoms. The lowest BCUT2D eigenvalue weighted by Crippen LogP contribution is -2.31. The highest BCUT2D eigenvalue weighted by molar-refractivity contribution is 5.76. The zero-order valence-corrected chi connectivity index (χ0v) is 12.9. The fourth-order valence-electron chi connectivity index (χ4n) is 2.96. The van der Waals surface area contributed by atoms with Crippen molar-refractivity contribution in [2.45, 2.75) is 31.7 Å². The molecule has 2 aromatic carbocycles. The average Bonchev–Trinajstić information content (AvgIpc) is 2.57. The third kappa shape index (κ3) is 4.09. The van der Waals surface area contributed by atoms with Crippen molar-refractivity contribution in [3.05, 3.63) is 65.5 Å². The van der Waals surface area contributed by atoms with Gasteiger partial charge in [0.2, 0.25) is 5.91 Å². The summed E-state index contributed by atoms with van der Waals surface area (Å²) in [6, 6.07) is 14.2. The van der Waals surface area contributed by atoms with Gasteiger partial charge in [-0.3, -0.25) is 4.79 Å². The summed E-state index contributed by atoms with van der Waals surface area (Å²) in [5.41, 5.74) is 2.55. The predicted molar refractivity (Wildman–Crippen MR) is 86.8 cm³/mol. The van der Waals surface area contributed by atoms with Crippen LogP contribution in [0.15, 0.2) is 48.5 Å². The first-order valence-electron chi connectivity index (χ1n) is 7.98. The van der Waals surface area contributed by atoms with Crippen LogP contribution < -0.4 is 10.1 Å². The van der Waals surface area contributed by atoms with Crippen LogP contribution >= 0.6 is 0 Å². The normalized spacial score (nSPS) is 16.5. The van der Waals surface area contributed by atoms with Crippen LogP contribution in [0.25, 0.3) is 0 Å². The molecule has 1 N–H and O–H groups in total. The minimum absolute atomic E-state index is 0.0196. The van der Waals surface area contributed by atoms with E-state index < -0.39 is 0 Å². The van der Waals surface area contributed by atoms with Crippen LogP contribution in [-0.4, -0.2) is 12.5 Å². The van der Waals surface area contributed by atoms with Gasteiger partial charge in [0.15, 0.2) is 0 Å². The molecule has 2 aromatic rings. The van der Waals surface area contributed by atoms with Gasteiger partial charge in [0.05, 0.1) is 19.1 Å². The molecule has 0 radical (unpaired) electrons. The maximum atomic E-state index is 12.8. The van der Waals surface area contributed by atoms with Crippen molar-refractivity contribution >= 4 is 5.91 Å². The molecule has 1 amide bonds. The van der Waals surface area contributed by atoms with E-state index in [-0.39, 0.29) is 30.8 Å². The summed E-state index contributed by atoms with van der Waals surface area (Å²) in [5, 5.41) is 3.09. The molecule has 4 heteroatoms. The van der Waals surface area contributed by atoms with Crippen molar-refractivity contribution in [1.29, 1.82) is 0 Å². The van der Waals surface area contributed by atoms with Crippen LogP contribution in [0.5, 0.6) is 5.75 Å². The molecule has 1 aliphatic rings. The van der Waals surface area contributed by atoms with Gasteiger partial charge in [0.25, 0.3) is 0 Å². The van der Waals surface area contributed by atoms with E-state index in [0.717, 1.165) is 19.3 Å². The first-order valence-corrected chi connectivity index (χ1v) is 7.98. The summed E-state index contributed by atoms with van der Waals surface area (Å²) in [6.45, 7) is 0.284. The van der Waals surface area contributed by atoms with Gasteiger partial charge in [-0.05, 0) is 54.7 Å². The van der Waals surface area contributed by atoms with Gasteiger partial charge in [0.1, 0.15) is 11.6 Å². The number of amides is 1. The molecule has 3 nitrogen and oxygen atoms in total. The Hall–Kier alpha value is -2.36. The van der Waals surface area contributed by atoms with E-state index in [0.29, 0.717) is 5.75 Å². The van der Waals surface area contributed by atoms with Gasteiger partial charge in [-0.25, -0.2) is 4.39 Å². The quantitative estimate of drug-likeness (QED) is 0.912. The molecule has 1 aliphatic carbocycles. The SMILES string of the molecule is O=C(CCOc1ccc(F)cc1)N[C@H]1CCCc2ccccc21. The van der Waals surface area contributed by atoms with Crippen LogP contribution in [-0.2, 0) is 11.2 Å². The van der Waals surface area contributed by atoms with Crippen molar-refractivity contribution in [2.24, 2.45) is 0 Å². The monoisotopic (exact) mass is 313 g/mol. The van der Waals surface area contributed by atoms with Gasteiger partial charge >= 0.3 is 0 Å². The fraction of sp³-hybridized carbons (Fsp3) is 0.316. The number of carbonyl (C=O) groups excluding carboxylic acids is 1. The number of hydrogen-bond donors (Lipinski definition) is 1. The Labute approximate surface area is 135 Å². The third-order valence-corrected chi connectivity index (χ3v) is 4.12. The molecule has 0 saturated carbocycles. The maximum absolute atomic E-state index is 12.8. The summed E-state index contributed by atoms with van der Waals surface area (Å²) in [4.78, 5) is 12.1. The summed E-state index contributed by atoms with van der Waals surface area (Å²) in [6.07, 6.45) is 3.43. The second kappa shape index (κ2) is 7.27. The van der Waals surface area contributed by atoms with E-state index in [2.05, 4.69) is 17.4 Å². The highest BCUT2D eigenvalue weighted by atomic mass is 19.1. The predicted octanol–water partition coefficient (Wildman–Crippen LogP) is 3.79. The van der Waals surface area contributed by atoms with Gasteiger partial charge in [-0.1, -0.05) is 24.3 Å². The zero-order valence-electron chi connectivity index (χ0n) is 12.9. The molecule has 0 unspecified atom stereocenters. The van der Waals surface area contributed by atoms with Gasteiger partial charge in [-0.2, -0.15) is 0 Å². The minimum Gasteiger partial charge on any atom is -0.493 e. The van der Waals surface area contributed by atoms with Gasteiger partial charge < -0.3 is 10.1 Å². The number of rotatable bonds is 5. The number of aryl methyl sites for hydroxylation is 1. The molecule has 0 spiro atoms. The molecule has 0 saturated heterocycles. The number of carbonyl (C=O) groups is 1. The Morgan fingerprint density at radius 3 is 2.78 bits per heavy atom. The van der Waals surface area contributed by atoms with Crippen LogP contribution in [0.2, 0.25) is 0 Å². The lowest BCUT2D eigenvalue weighted by Gasteiger charge is -2.26. The molecule has 0 heterocycles. The third-order valence-electron chi connectivity index (χ3n) is 4.12. The smallest absolute Gasteiger partial charge is 0.223 e. The first kappa shape index (κ1) is 15.5. The molecular formula is C19H20FNO2. The molecule has 0 aromatic heterocycles. The van der Waals surface area contributed by atoms with Crippen LogP contribution in [0.1, 0.15) is 36.4 Å². The Kier molecular flexibility index (Phi) is 4.91. The number of ether oxygens (including phenoxy) is 1. The summed E-state index contributed by atoms with van der Waals surface area (Å²) >= 11 is 0. The van der Waals surface area contributed by atoms with Crippen LogP contribution in [0.3, 0.4) is 0 Å².